The summed E-state index contributed by atoms with van der Waals surface area (Å²) in [6.07, 6.45) is 0.937. The number of nitrogens with zero attached hydrogens (tertiary/aromatic N) is 3. The minimum Gasteiger partial charge on any atom is -0.495 e. The van der Waals surface area contributed by atoms with Crippen molar-refractivity contribution in [3.05, 3.63) is 29.5 Å². The van der Waals surface area contributed by atoms with Gasteiger partial charge in [-0.25, -0.2) is 4.68 Å². The molecule has 0 radical (unpaired) electrons. The van der Waals surface area contributed by atoms with Crippen LogP contribution in [0.2, 0.25) is 0 Å². The van der Waals surface area contributed by atoms with Crippen LogP contribution in [0.3, 0.4) is 0 Å². The highest BCUT2D eigenvalue weighted by Gasteiger charge is 2.16. The van der Waals surface area contributed by atoms with Gasteiger partial charge in [0.15, 0.2) is 5.82 Å². The molecule has 3 N–H and O–H groups in total. The molecule has 0 aliphatic rings. The van der Waals surface area contributed by atoms with E-state index >= 15 is 0 Å². The molecule has 1 heterocycles. The Labute approximate surface area is 124 Å². The fraction of sp³-hybridized carbons (Fsp3) is 0.333. The van der Waals surface area contributed by atoms with Gasteiger partial charge < -0.3 is 15.8 Å². The Bertz CT molecular complexity index is 684. The van der Waals surface area contributed by atoms with Crippen molar-refractivity contribution < 1.29 is 4.74 Å². The topological polar surface area (TPSA) is 88.9 Å². The summed E-state index contributed by atoms with van der Waals surface area (Å²) in [5.41, 5.74) is 8.54. The summed E-state index contributed by atoms with van der Waals surface area (Å²) >= 11 is 0. The normalized spacial score (nSPS) is 10.2. The van der Waals surface area contributed by atoms with E-state index in [2.05, 4.69) is 23.4 Å². The maximum absolute atomic E-state index is 9.26. The fourth-order valence-corrected chi connectivity index (χ4v) is 2.14. The third-order valence-electron chi connectivity index (χ3n) is 3.22. The first-order valence-corrected chi connectivity index (χ1v) is 6.79. The number of nitriles is 1. The number of benzene rings is 1. The molecule has 6 nitrogen and oxygen atoms in total. The van der Waals surface area contributed by atoms with Crippen LogP contribution in [0.1, 0.15) is 24.6 Å². The van der Waals surface area contributed by atoms with Crippen molar-refractivity contribution in [2.24, 2.45) is 0 Å². The number of aromatic nitrogens is 2. The van der Waals surface area contributed by atoms with E-state index in [0.717, 1.165) is 18.7 Å². The zero-order valence-corrected chi connectivity index (χ0v) is 12.5. The van der Waals surface area contributed by atoms with Crippen LogP contribution in [0.15, 0.2) is 18.2 Å². The average molecular weight is 285 g/mol. The highest BCUT2D eigenvalue weighted by atomic mass is 16.5. The van der Waals surface area contributed by atoms with Crippen LogP contribution < -0.4 is 15.8 Å². The minimum atomic E-state index is 0.496. The monoisotopic (exact) mass is 285 g/mol. The van der Waals surface area contributed by atoms with E-state index < -0.39 is 0 Å². The van der Waals surface area contributed by atoms with Crippen molar-refractivity contribution >= 4 is 17.2 Å². The maximum Gasteiger partial charge on any atom is 0.152 e. The summed E-state index contributed by atoms with van der Waals surface area (Å²) in [6.45, 7) is 4.68. The Morgan fingerprint density at radius 3 is 2.86 bits per heavy atom. The second-order valence-electron chi connectivity index (χ2n) is 4.69. The van der Waals surface area contributed by atoms with E-state index in [1.165, 1.54) is 0 Å². The Hall–Kier alpha value is -2.68. The number of hydrogen-bond donors (Lipinski definition) is 2. The van der Waals surface area contributed by atoms with Crippen molar-refractivity contribution in [2.75, 3.05) is 18.2 Å². The largest absolute Gasteiger partial charge is 0.495 e. The van der Waals surface area contributed by atoms with Crippen LogP contribution in [-0.4, -0.2) is 16.9 Å². The number of nitrogens with one attached hydrogen (secondary N) is 1. The average Bonchev–Trinajstić information content (AvgIpc) is 2.75. The molecule has 0 bridgehead atoms. The lowest BCUT2D eigenvalue weighted by Crippen LogP contribution is -2.07. The molecule has 0 saturated heterocycles. The summed E-state index contributed by atoms with van der Waals surface area (Å²) in [6, 6.07) is 7.46. The molecule has 0 atom stereocenters. The van der Waals surface area contributed by atoms with Crippen LogP contribution in [0, 0.1) is 18.3 Å². The third-order valence-corrected chi connectivity index (χ3v) is 3.22. The number of rotatable bonds is 5. The van der Waals surface area contributed by atoms with Crippen molar-refractivity contribution in [2.45, 2.75) is 26.8 Å². The lowest BCUT2D eigenvalue weighted by Gasteiger charge is -2.14. The van der Waals surface area contributed by atoms with Gasteiger partial charge in [0.1, 0.15) is 17.5 Å². The number of nitrogens with two attached hydrogens (primary N) is 1. The SMILES string of the molecule is CCCn1nc(C)c(N)c1Nc1c(C#N)cccc1OC. The molecule has 0 saturated carbocycles. The molecular weight excluding hydrogens is 266 g/mol. The smallest absolute Gasteiger partial charge is 0.152 e. The number of aryl methyl sites for hydroxylation is 2. The lowest BCUT2D eigenvalue weighted by atomic mass is 10.1. The first-order valence-electron chi connectivity index (χ1n) is 6.79. The first-order chi connectivity index (χ1) is 10.1. The second kappa shape index (κ2) is 6.18. The minimum absolute atomic E-state index is 0.496. The molecule has 2 aromatic rings. The van der Waals surface area contributed by atoms with Gasteiger partial charge in [0.05, 0.1) is 24.1 Å². The quantitative estimate of drug-likeness (QED) is 0.881. The molecule has 0 aliphatic heterocycles. The molecule has 0 amide bonds. The summed E-state index contributed by atoms with van der Waals surface area (Å²) in [5, 5.41) is 16.9. The summed E-state index contributed by atoms with van der Waals surface area (Å²) in [5.74, 6) is 1.28. The molecule has 0 unspecified atom stereocenters. The van der Waals surface area contributed by atoms with Gasteiger partial charge in [0.25, 0.3) is 0 Å². The molecule has 110 valence electrons. The van der Waals surface area contributed by atoms with Gasteiger partial charge in [-0.3, -0.25) is 0 Å². The second-order valence-corrected chi connectivity index (χ2v) is 4.69. The maximum atomic E-state index is 9.26. The third kappa shape index (κ3) is 2.77. The van der Waals surface area contributed by atoms with Crippen molar-refractivity contribution in [3.63, 3.8) is 0 Å². The Morgan fingerprint density at radius 2 is 2.24 bits per heavy atom. The lowest BCUT2D eigenvalue weighted by molar-refractivity contribution is 0.416. The van der Waals surface area contributed by atoms with Gasteiger partial charge >= 0.3 is 0 Å². The van der Waals surface area contributed by atoms with Crippen LogP contribution in [0.5, 0.6) is 5.75 Å². The zero-order valence-electron chi connectivity index (χ0n) is 12.5. The van der Waals surface area contributed by atoms with E-state index in [4.69, 9.17) is 10.5 Å². The molecule has 0 aliphatic carbocycles. The molecule has 2 rings (SSSR count). The number of hydrogen-bond acceptors (Lipinski definition) is 5. The fourth-order valence-electron chi connectivity index (χ4n) is 2.14. The summed E-state index contributed by atoms with van der Waals surface area (Å²) < 4.78 is 7.14. The number of methoxy groups -OCH3 is 1. The number of anilines is 3. The van der Waals surface area contributed by atoms with E-state index in [9.17, 15) is 5.26 Å². The molecule has 0 spiro atoms. The van der Waals surface area contributed by atoms with Gasteiger partial charge in [-0.05, 0) is 25.5 Å². The van der Waals surface area contributed by atoms with Gasteiger partial charge in [0, 0.05) is 6.54 Å². The summed E-state index contributed by atoms with van der Waals surface area (Å²) in [7, 11) is 1.57. The van der Waals surface area contributed by atoms with E-state index in [1.807, 2.05) is 11.6 Å². The van der Waals surface area contributed by atoms with Crippen LogP contribution in [-0.2, 0) is 6.54 Å². The number of ether oxygens (including phenoxy) is 1. The number of nitrogen functional groups attached to an aromatic ring is 1. The first kappa shape index (κ1) is 14.7. The molecule has 1 aromatic carbocycles. The van der Waals surface area contributed by atoms with Gasteiger partial charge in [-0.2, -0.15) is 10.4 Å². The van der Waals surface area contributed by atoms with Gasteiger partial charge in [-0.15, -0.1) is 0 Å². The van der Waals surface area contributed by atoms with Crippen molar-refractivity contribution in [1.29, 1.82) is 5.26 Å². The molecular formula is C15H19N5O. The van der Waals surface area contributed by atoms with Crippen LogP contribution in [0.25, 0.3) is 0 Å². The Kier molecular flexibility index (Phi) is 4.33. The predicted octanol–water partition coefficient (Wildman–Crippen LogP) is 2.81. The highest BCUT2D eigenvalue weighted by Crippen LogP contribution is 2.34. The molecule has 21 heavy (non-hydrogen) atoms. The van der Waals surface area contributed by atoms with Crippen LogP contribution >= 0.6 is 0 Å². The Morgan fingerprint density at radius 1 is 1.48 bits per heavy atom. The van der Waals surface area contributed by atoms with Gasteiger partial charge in [0.2, 0.25) is 0 Å². The number of para-hydroxylation sites is 1. The van der Waals surface area contributed by atoms with Gasteiger partial charge in [-0.1, -0.05) is 13.0 Å². The molecule has 6 heteroatoms. The van der Waals surface area contributed by atoms with E-state index in [-0.39, 0.29) is 0 Å². The predicted molar refractivity (Wildman–Crippen MR) is 82.7 cm³/mol. The van der Waals surface area contributed by atoms with E-state index in [1.54, 1.807) is 25.3 Å². The molecule has 1 aromatic heterocycles. The van der Waals surface area contributed by atoms with Crippen molar-refractivity contribution in [3.8, 4) is 11.8 Å². The van der Waals surface area contributed by atoms with E-state index in [0.29, 0.717) is 28.5 Å². The van der Waals surface area contributed by atoms with Crippen LogP contribution in [0.4, 0.5) is 17.2 Å². The summed E-state index contributed by atoms with van der Waals surface area (Å²) in [4.78, 5) is 0. The standard InChI is InChI=1S/C15H19N5O/c1-4-8-20-15(13(17)10(2)19-20)18-14-11(9-16)6-5-7-12(14)21-3/h5-7,18H,4,8,17H2,1-3H3. The highest BCUT2D eigenvalue weighted by molar-refractivity contribution is 5.77. The zero-order chi connectivity index (χ0) is 15.4. The van der Waals surface area contributed by atoms with Crippen molar-refractivity contribution in [1.82, 2.24) is 9.78 Å². The Balaban J connectivity index is 2.50. The molecule has 0 fully saturated rings.